The quantitative estimate of drug-likeness (QED) is 0.304. The molecule has 10 heteroatoms. The summed E-state index contributed by atoms with van der Waals surface area (Å²) in [5.41, 5.74) is 10.9. The van der Waals surface area contributed by atoms with Gasteiger partial charge in [-0.25, -0.2) is 4.68 Å². The van der Waals surface area contributed by atoms with E-state index in [4.69, 9.17) is 21.5 Å². The summed E-state index contributed by atoms with van der Waals surface area (Å²) in [5, 5.41) is 28.2. The van der Waals surface area contributed by atoms with Crippen LogP contribution in [0.1, 0.15) is 31.1 Å². The Kier molecular flexibility index (Phi) is 5.69. The van der Waals surface area contributed by atoms with Gasteiger partial charge in [-0.2, -0.15) is 0 Å². The number of unbranched alkanes of at least 4 members (excludes halogenated alkanes) is 1. The summed E-state index contributed by atoms with van der Waals surface area (Å²) < 4.78 is 1.27. The number of rotatable bonds is 8. The van der Waals surface area contributed by atoms with Gasteiger partial charge in [0.2, 0.25) is 5.91 Å². The molecule has 0 spiro atoms. The van der Waals surface area contributed by atoms with Crippen LogP contribution in [0.25, 0.3) is 0 Å². The minimum Gasteiger partial charge on any atom is -0.427 e. The zero-order valence-electron chi connectivity index (χ0n) is 9.94. The summed E-state index contributed by atoms with van der Waals surface area (Å²) in [7, 11) is -1.29. The molecule has 0 fully saturated rings. The van der Waals surface area contributed by atoms with Gasteiger partial charge in [0.15, 0.2) is 5.82 Å². The maximum Gasteiger partial charge on any atom is 0.451 e. The fourth-order valence-electron chi connectivity index (χ4n) is 1.56. The first-order chi connectivity index (χ1) is 8.50. The van der Waals surface area contributed by atoms with Crippen molar-refractivity contribution in [2.45, 2.75) is 38.2 Å². The smallest absolute Gasteiger partial charge is 0.427 e. The first-order valence-corrected chi connectivity index (χ1v) is 5.66. The zero-order valence-corrected chi connectivity index (χ0v) is 9.94. The molecule has 1 aromatic rings. The zero-order chi connectivity index (χ0) is 13.5. The van der Waals surface area contributed by atoms with Crippen molar-refractivity contribution >= 4 is 13.0 Å². The van der Waals surface area contributed by atoms with Crippen molar-refractivity contribution in [1.29, 1.82) is 0 Å². The van der Waals surface area contributed by atoms with E-state index in [1.807, 2.05) is 0 Å². The van der Waals surface area contributed by atoms with Crippen molar-refractivity contribution in [3.8, 4) is 0 Å². The molecule has 1 heterocycles. The summed E-state index contributed by atoms with van der Waals surface area (Å²) in [6.45, 7) is -0.106. The van der Waals surface area contributed by atoms with E-state index in [2.05, 4.69) is 15.5 Å². The lowest BCUT2D eigenvalue weighted by molar-refractivity contribution is -0.118. The molecular weight excluding hydrogens is 239 g/mol. The molecule has 0 radical (unpaired) electrons. The van der Waals surface area contributed by atoms with E-state index in [0.717, 1.165) is 0 Å². The second-order valence-electron chi connectivity index (χ2n) is 4.03. The first kappa shape index (κ1) is 14.5. The highest BCUT2D eigenvalue weighted by atomic mass is 16.4. The van der Waals surface area contributed by atoms with Crippen LogP contribution in [0.15, 0.2) is 0 Å². The van der Waals surface area contributed by atoms with Gasteiger partial charge in [-0.15, -0.1) is 5.10 Å². The minimum absolute atomic E-state index is 0.106. The van der Waals surface area contributed by atoms with E-state index in [0.29, 0.717) is 31.4 Å². The van der Waals surface area contributed by atoms with Gasteiger partial charge >= 0.3 is 7.12 Å². The van der Waals surface area contributed by atoms with Gasteiger partial charge in [-0.3, -0.25) is 4.79 Å². The molecule has 1 amide bonds. The van der Waals surface area contributed by atoms with E-state index in [1.165, 1.54) is 4.68 Å². The van der Waals surface area contributed by atoms with Crippen LogP contribution < -0.4 is 11.5 Å². The highest BCUT2D eigenvalue weighted by Crippen LogP contribution is 2.14. The summed E-state index contributed by atoms with van der Waals surface area (Å²) in [6.07, 6.45) is 2.25. The predicted octanol–water partition coefficient (Wildman–Crippen LogP) is -2.20. The summed E-state index contributed by atoms with van der Waals surface area (Å²) in [5.74, 6) is -0.141. The van der Waals surface area contributed by atoms with Crippen molar-refractivity contribution in [1.82, 2.24) is 20.2 Å². The normalized spacial score (nSPS) is 12.4. The number of aromatic nitrogens is 4. The van der Waals surface area contributed by atoms with E-state index >= 15 is 0 Å². The summed E-state index contributed by atoms with van der Waals surface area (Å²) >= 11 is 0. The van der Waals surface area contributed by atoms with Crippen molar-refractivity contribution in [2.75, 3.05) is 0 Å². The molecule has 1 aromatic heterocycles. The second kappa shape index (κ2) is 7.04. The number of amides is 1. The van der Waals surface area contributed by atoms with E-state index in [9.17, 15) is 4.79 Å². The number of carbonyl (C=O) groups excluding carboxylic acids is 1. The number of nitrogens with two attached hydrogens (primary N) is 2. The van der Waals surface area contributed by atoms with Crippen molar-refractivity contribution in [2.24, 2.45) is 11.5 Å². The molecule has 1 atom stereocenters. The molecule has 0 saturated heterocycles. The predicted molar refractivity (Wildman–Crippen MR) is 62.8 cm³/mol. The van der Waals surface area contributed by atoms with Gasteiger partial charge in [0, 0.05) is 0 Å². The average Bonchev–Trinajstić information content (AvgIpc) is 2.71. The molecule has 100 valence electrons. The Morgan fingerprint density at radius 1 is 1.44 bits per heavy atom. The third kappa shape index (κ3) is 4.78. The molecule has 1 unspecified atom stereocenters. The maximum absolute atomic E-state index is 10.8. The Balaban J connectivity index is 2.43. The lowest BCUT2D eigenvalue weighted by Gasteiger charge is -2.10. The molecule has 0 aliphatic rings. The van der Waals surface area contributed by atoms with Crippen LogP contribution in [0.3, 0.4) is 0 Å². The Bertz CT molecular complexity index is 385. The van der Waals surface area contributed by atoms with Gasteiger partial charge in [-0.1, -0.05) is 12.8 Å². The molecule has 18 heavy (non-hydrogen) atoms. The SMILES string of the molecule is NC(=O)Cn1nnnc1C(N)CCCCB(O)O. The van der Waals surface area contributed by atoms with Crippen LogP contribution in [0, 0.1) is 0 Å². The molecule has 0 saturated carbocycles. The van der Waals surface area contributed by atoms with E-state index < -0.39 is 19.1 Å². The minimum atomic E-state index is -1.29. The van der Waals surface area contributed by atoms with Crippen molar-refractivity contribution in [3.63, 3.8) is 0 Å². The number of hydrogen-bond acceptors (Lipinski definition) is 7. The second-order valence-corrected chi connectivity index (χ2v) is 4.03. The van der Waals surface area contributed by atoms with Crippen molar-refractivity contribution in [3.05, 3.63) is 5.82 Å². The van der Waals surface area contributed by atoms with Crippen LogP contribution in [-0.2, 0) is 11.3 Å². The number of carbonyl (C=O) groups is 1. The molecule has 9 nitrogen and oxygen atoms in total. The van der Waals surface area contributed by atoms with E-state index in [1.54, 1.807) is 0 Å². The van der Waals surface area contributed by atoms with Gasteiger partial charge < -0.3 is 21.5 Å². The van der Waals surface area contributed by atoms with Gasteiger partial charge in [0.1, 0.15) is 6.54 Å². The van der Waals surface area contributed by atoms with E-state index in [-0.39, 0.29) is 6.54 Å². The number of primary amides is 1. The number of hydrogen-bond donors (Lipinski definition) is 4. The molecule has 0 aliphatic carbocycles. The molecular formula is C8H17BN6O3. The molecule has 0 aromatic carbocycles. The lowest BCUT2D eigenvalue weighted by atomic mass is 9.83. The van der Waals surface area contributed by atoms with Gasteiger partial charge in [0.25, 0.3) is 0 Å². The van der Waals surface area contributed by atoms with Crippen LogP contribution in [0.5, 0.6) is 0 Å². The highest BCUT2D eigenvalue weighted by Gasteiger charge is 2.16. The highest BCUT2D eigenvalue weighted by molar-refractivity contribution is 6.40. The summed E-state index contributed by atoms with van der Waals surface area (Å²) in [6, 6.07) is -0.407. The Morgan fingerprint density at radius 2 is 2.17 bits per heavy atom. The standard InChI is InChI=1S/C8H17BN6O3/c10-6(3-1-2-4-9(17)18)8-12-13-14-15(8)5-7(11)16/h6,17-18H,1-5,10H2,(H2,11,16). The summed E-state index contributed by atoms with van der Waals surface area (Å²) in [4.78, 5) is 10.8. The van der Waals surface area contributed by atoms with Crippen LogP contribution in [0.2, 0.25) is 6.32 Å². The fraction of sp³-hybridized carbons (Fsp3) is 0.750. The Labute approximate surface area is 104 Å². The topological polar surface area (TPSA) is 153 Å². The monoisotopic (exact) mass is 256 g/mol. The molecule has 0 aliphatic heterocycles. The van der Waals surface area contributed by atoms with Crippen molar-refractivity contribution < 1.29 is 14.8 Å². The third-order valence-corrected chi connectivity index (χ3v) is 2.42. The molecule has 6 N–H and O–H groups in total. The van der Waals surface area contributed by atoms with Gasteiger partial charge in [-0.05, 0) is 23.2 Å². The Hall–Kier alpha value is -1.52. The Morgan fingerprint density at radius 3 is 2.78 bits per heavy atom. The fourth-order valence-corrected chi connectivity index (χ4v) is 1.56. The average molecular weight is 256 g/mol. The third-order valence-electron chi connectivity index (χ3n) is 2.42. The van der Waals surface area contributed by atoms with Gasteiger partial charge in [0.05, 0.1) is 6.04 Å². The van der Waals surface area contributed by atoms with Crippen LogP contribution in [0.4, 0.5) is 0 Å². The first-order valence-electron chi connectivity index (χ1n) is 5.66. The number of nitrogens with zero attached hydrogens (tertiary/aromatic N) is 4. The van der Waals surface area contributed by atoms with Crippen LogP contribution >= 0.6 is 0 Å². The lowest BCUT2D eigenvalue weighted by Crippen LogP contribution is -2.24. The molecule has 1 rings (SSSR count). The molecule has 0 bridgehead atoms. The number of tetrazole rings is 1. The van der Waals surface area contributed by atoms with Crippen LogP contribution in [-0.4, -0.2) is 43.3 Å². The largest absolute Gasteiger partial charge is 0.451 e. The maximum atomic E-state index is 10.8.